The number of hydrogen-bond acceptors (Lipinski definition) is 2. The monoisotopic (exact) mass is 249 g/mol. The highest BCUT2D eigenvalue weighted by molar-refractivity contribution is 6.17. The van der Waals surface area contributed by atoms with E-state index in [2.05, 4.69) is 0 Å². The van der Waals surface area contributed by atoms with Gasteiger partial charge in [-0.1, -0.05) is 0 Å². The lowest BCUT2D eigenvalue weighted by Gasteiger charge is -2.20. The Hall–Kier alpha value is -0.870. The van der Waals surface area contributed by atoms with Crippen molar-refractivity contribution in [3.05, 3.63) is 29.3 Å². The average molecular weight is 250 g/mol. The van der Waals surface area contributed by atoms with Gasteiger partial charge < -0.3 is 9.64 Å². The average Bonchev–Trinajstić information content (AvgIpc) is 2.25. The minimum atomic E-state index is -0.603. The normalized spacial score (nSPS) is 10.6. The zero-order valence-corrected chi connectivity index (χ0v) is 10.0. The SMILES string of the molecule is COCCN(C)c1c(F)cc(CCl)cc1F. The van der Waals surface area contributed by atoms with Gasteiger partial charge in [-0.25, -0.2) is 8.78 Å². The third-order valence-electron chi connectivity index (χ3n) is 2.24. The van der Waals surface area contributed by atoms with Crippen LogP contribution in [-0.4, -0.2) is 27.3 Å². The zero-order chi connectivity index (χ0) is 12.1. The molecule has 16 heavy (non-hydrogen) atoms. The maximum absolute atomic E-state index is 13.6. The van der Waals surface area contributed by atoms with Gasteiger partial charge in [-0.2, -0.15) is 0 Å². The van der Waals surface area contributed by atoms with Crippen LogP contribution in [0.4, 0.5) is 14.5 Å². The number of hydrogen-bond donors (Lipinski definition) is 0. The number of rotatable bonds is 5. The minimum absolute atomic E-state index is 0.0501. The van der Waals surface area contributed by atoms with E-state index in [-0.39, 0.29) is 11.6 Å². The Bertz CT molecular complexity index is 337. The Morgan fingerprint density at radius 2 is 1.88 bits per heavy atom. The van der Waals surface area contributed by atoms with E-state index in [0.717, 1.165) is 0 Å². The summed E-state index contributed by atoms with van der Waals surface area (Å²) >= 11 is 5.52. The molecule has 0 amide bonds. The standard InChI is InChI=1S/C11H14ClF2NO/c1-15(3-4-16-2)11-9(13)5-8(7-12)6-10(11)14/h5-6H,3-4,7H2,1-2H3. The van der Waals surface area contributed by atoms with Gasteiger partial charge >= 0.3 is 0 Å². The number of anilines is 1. The molecule has 0 saturated heterocycles. The van der Waals surface area contributed by atoms with Crippen molar-refractivity contribution in [2.45, 2.75) is 5.88 Å². The summed E-state index contributed by atoms with van der Waals surface area (Å²) in [5.41, 5.74) is 0.381. The molecule has 1 rings (SSSR count). The molecule has 0 saturated carbocycles. The quantitative estimate of drug-likeness (QED) is 0.744. The van der Waals surface area contributed by atoms with Crippen LogP contribution in [-0.2, 0) is 10.6 Å². The van der Waals surface area contributed by atoms with Crippen molar-refractivity contribution in [1.29, 1.82) is 0 Å². The van der Waals surface area contributed by atoms with Crippen molar-refractivity contribution in [3.63, 3.8) is 0 Å². The minimum Gasteiger partial charge on any atom is -0.383 e. The third-order valence-corrected chi connectivity index (χ3v) is 2.55. The fraction of sp³-hybridized carbons (Fsp3) is 0.455. The molecule has 2 nitrogen and oxygen atoms in total. The lowest BCUT2D eigenvalue weighted by molar-refractivity contribution is 0.206. The molecule has 0 aliphatic carbocycles. The highest BCUT2D eigenvalue weighted by Crippen LogP contribution is 2.24. The van der Waals surface area contributed by atoms with Gasteiger partial charge in [0, 0.05) is 26.6 Å². The van der Waals surface area contributed by atoms with Crippen molar-refractivity contribution in [3.8, 4) is 0 Å². The molecular formula is C11H14ClF2NO. The molecule has 0 fully saturated rings. The summed E-state index contributed by atoms with van der Waals surface area (Å²) in [5.74, 6) is -1.11. The Balaban J connectivity index is 2.95. The molecule has 5 heteroatoms. The van der Waals surface area contributed by atoms with Crippen LogP contribution in [0.3, 0.4) is 0 Å². The number of alkyl halides is 1. The van der Waals surface area contributed by atoms with E-state index in [0.29, 0.717) is 18.7 Å². The smallest absolute Gasteiger partial charge is 0.149 e. The predicted molar refractivity (Wildman–Crippen MR) is 61.1 cm³/mol. The molecule has 0 aliphatic heterocycles. The van der Waals surface area contributed by atoms with E-state index in [9.17, 15) is 8.78 Å². The van der Waals surface area contributed by atoms with Crippen LogP contribution in [0.2, 0.25) is 0 Å². The molecule has 0 atom stereocenters. The molecule has 1 aromatic rings. The third kappa shape index (κ3) is 3.06. The van der Waals surface area contributed by atoms with Crippen LogP contribution >= 0.6 is 11.6 Å². The van der Waals surface area contributed by atoms with E-state index >= 15 is 0 Å². The van der Waals surface area contributed by atoms with Crippen molar-refractivity contribution < 1.29 is 13.5 Å². The maximum atomic E-state index is 13.6. The van der Waals surface area contributed by atoms with Crippen molar-refractivity contribution >= 4 is 17.3 Å². The Morgan fingerprint density at radius 1 is 1.31 bits per heavy atom. The fourth-order valence-corrected chi connectivity index (χ4v) is 1.55. The highest BCUT2D eigenvalue weighted by Gasteiger charge is 2.14. The molecule has 0 N–H and O–H groups in total. The summed E-state index contributed by atoms with van der Waals surface area (Å²) in [7, 11) is 3.15. The van der Waals surface area contributed by atoms with Crippen LogP contribution in [0.5, 0.6) is 0 Å². The van der Waals surface area contributed by atoms with Gasteiger partial charge in [-0.3, -0.25) is 0 Å². The molecule has 0 aromatic heterocycles. The second-order valence-electron chi connectivity index (χ2n) is 3.46. The number of likely N-dealkylation sites (N-methyl/N-ethyl adjacent to an activating group) is 1. The van der Waals surface area contributed by atoms with E-state index < -0.39 is 11.6 Å². The molecule has 0 bridgehead atoms. The number of ether oxygens (including phenoxy) is 1. The molecule has 90 valence electrons. The van der Waals surface area contributed by atoms with Crippen LogP contribution in [0.15, 0.2) is 12.1 Å². The summed E-state index contributed by atoms with van der Waals surface area (Å²) in [4.78, 5) is 1.48. The summed E-state index contributed by atoms with van der Waals surface area (Å²) < 4.78 is 32.0. The van der Waals surface area contributed by atoms with Crippen LogP contribution in [0, 0.1) is 11.6 Å². The van der Waals surface area contributed by atoms with Gasteiger partial charge in [-0.15, -0.1) is 11.6 Å². The zero-order valence-electron chi connectivity index (χ0n) is 9.27. The van der Waals surface area contributed by atoms with Gasteiger partial charge in [0.1, 0.15) is 17.3 Å². The number of benzene rings is 1. The molecule has 1 aromatic carbocycles. The van der Waals surface area contributed by atoms with Crippen molar-refractivity contribution in [2.24, 2.45) is 0 Å². The van der Waals surface area contributed by atoms with Crippen LogP contribution in [0.25, 0.3) is 0 Å². The van der Waals surface area contributed by atoms with E-state index in [1.54, 1.807) is 7.05 Å². The molecule has 0 radical (unpaired) electrons. The second-order valence-corrected chi connectivity index (χ2v) is 3.72. The second kappa shape index (κ2) is 6.01. The largest absolute Gasteiger partial charge is 0.383 e. The van der Waals surface area contributed by atoms with Gasteiger partial charge in [0.15, 0.2) is 0 Å². The fourth-order valence-electron chi connectivity index (χ4n) is 1.40. The van der Waals surface area contributed by atoms with E-state index in [1.165, 1.54) is 24.1 Å². The maximum Gasteiger partial charge on any atom is 0.149 e. The van der Waals surface area contributed by atoms with E-state index in [1.807, 2.05) is 0 Å². The lowest BCUT2D eigenvalue weighted by atomic mass is 10.2. The summed E-state index contributed by atoms with van der Waals surface area (Å²) in [5, 5.41) is 0. The summed E-state index contributed by atoms with van der Waals surface area (Å²) in [6.07, 6.45) is 0. The topological polar surface area (TPSA) is 12.5 Å². The van der Waals surface area contributed by atoms with Gasteiger partial charge in [0.25, 0.3) is 0 Å². The first-order chi connectivity index (χ1) is 7.60. The lowest BCUT2D eigenvalue weighted by Crippen LogP contribution is -2.24. The summed E-state index contributed by atoms with van der Waals surface area (Å²) in [6.45, 7) is 0.831. The van der Waals surface area contributed by atoms with Gasteiger partial charge in [-0.05, 0) is 17.7 Å². The van der Waals surface area contributed by atoms with Gasteiger partial charge in [0.05, 0.1) is 6.61 Å². The van der Waals surface area contributed by atoms with Crippen LogP contribution in [0.1, 0.15) is 5.56 Å². The molecule has 0 heterocycles. The molecular weight excluding hydrogens is 236 g/mol. The van der Waals surface area contributed by atoms with Crippen molar-refractivity contribution in [2.75, 3.05) is 32.2 Å². The first-order valence-corrected chi connectivity index (χ1v) is 5.37. The Morgan fingerprint density at radius 3 is 2.31 bits per heavy atom. The van der Waals surface area contributed by atoms with Crippen molar-refractivity contribution in [1.82, 2.24) is 0 Å². The highest BCUT2D eigenvalue weighted by atomic mass is 35.5. The van der Waals surface area contributed by atoms with Gasteiger partial charge in [0.2, 0.25) is 0 Å². The summed E-state index contributed by atoms with van der Waals surface area (Å²) in [6, 6.07) is 2.49. The number of nitrogens with zero attached hydrogens (tertiary/aromatic N) is 1. The first kappa shape index (κ1) is 13.2. The molecule has 0 unspecified atom stereocenters. The van der Waals surface area contributed by atoms with Crippen LogP contribution < -0.4 is 4.90 Å². The van der Waals surface area contributed by atoms with E-state index in [4.69, 9.17) is 16.3 Å². The Kier molecular flexibility index (Phi) is 4.96. The molecule has 0 spiro atoms. The molecule has 0 aliphatic rings. The number of methoxy groups -OCH3 is 1. The first-order valence-electron chi connectivity index (χ1n) is 4.84. The predicted octanol–water partition coefficient (Wildman–Crippen LogP) is 2.79. The Labute approximate surface area is 98.8 Å². The number of halogens is 3.